The van der Waals surface area contributed by atoms with Crippen LogP contribution in [-0.2, 0) is 20.8 Å². The Balaban J connectivity index is 1.54. The van der Waals surface area contributed by atoms with Gasteiger partial charge in [0.15, 0.2) is 0 Å². The van der Waals surface area contributed by atoms with Crippen LogP contribution in [0.25, 0.3) is 0 Å². The van der Waals surface area contributed by atoms with E-state index in [2.05, 4.69) is 11.9 Å². The van der Waals surface area contributed by atoms with Crippen molar-refractivity contribution < 1.29 is 14.4 Å². The molecule has 3 amide bonds. The predicted octanol–water partition coefficient (Wildman–Crippen LogP) is 1.51. The quantitative estimate of drug-likeness (QED) is 0.833. The third-order valence-electron chi connectivity index (χ3n) is 5.23. The van der Waals surface area contributed by atoms with Gasteiger partial charge in [-0.25, -0.2) is 0 Å². The van der Waals surface area contributed by atoms with Gasteiger partial charge >= 0.3 is 0 Å². The summed E-state index contributed by atoms with van der Waals surface area (Å²) in [4.78, 5) is 40.3. The van der Waals surface area contributed by atoms with E-state index in [-0.39, 0.29) is 23.6 Å². The molecule has 1 atom stereocenters. The maximum absolute atomic E-state index is 12.8. The molecular weight excluding hydrogens is 330 g/mol. The second-order valence-electron chi connectivity index (χ2n) is 6.90. The Morgan fingerprint density at radius 3 is 2.58 bits per heavy atom. The number of amides is 3. The average molecular weight is 355 g/mol. The summed E-state index contributed by atoms with van der Waals surface area (Å²) in [5.74, 6) is -0.448. The van der Waals surface area contributed by atoms with Crippen molar-refractivity contribution in [1.82, 2.24) is 10.2 Å². The first-order chi connectivity index (χ1) is 12.5. The van der Waals surface area contributed by atoms with Gasteiger partial charge in [-0.2, -0.15) is 0 Å². The van der Waals surface area contributed by atoms with Gasteiger partial charge in [0, 0.05) is 31.2 Å². The van der Waals surface area contributed by atoms with Gasteiger partial charge in [-0.3, -0.25) is 14.4 Å². The van der Waals surface area contributed by atoms with Crippen LogP contribution < -0.4 is 10.2 Å². The fourth-order valence-corrected chi connectivity index (χ4v) is 3.69. The van der Waals surface area contributed by atoms with Crippen LogP contribution in [0, 0.1) is 5.92 Å². The van der Waals surface area contributed by atoms with Gasteiger partial charge in [-0.1, -0.05) is 24.8 Å². The van der Waals surface area contributed by atoms with E-state index in [9.17, 15) is 14.4 Å². The zero-order valence-corrected chi connectivity index (χ0v) is 15.1. The predicted molar refractivity (Wildman–Crippen MR) is 99.6 cm³/mol. The van der Waals surface area contributed by atoms with Crippen LogP contribution in [0.1, 0.15) is 25.3 Å². The molecule has 0 spiro atoms. The fraction of sp³-hybridized carbons (Fsp3) is 0.450. The summed E-state index contributed by atoms with van der Waals surface area (Å²) in [5.41, 5.74) is 2.11. The number of para-hydroxylation sites is 1. The second kappa shape index (κ2) is 7.72. The van der Waals surface area contributed by atoms with Crippen molar-refractivity contribution in [2.75, 3.05) is 24.5 Å². The molecule has 6 nitrogen and oxygen atoms in total. The molecule has 2 aliphatic heterocycles. The highest BCUT2D eigenvalue weighted by atomic mass is 16.2. The average Bonchev–Trinajstić information content (AvgIpc) is 3.10. The van der Waals surface area contributed by atoms with Crippen molar-refractivity contribution in [2.45, 2.75) is 32.2 Å². The molecule has 1 saturated heterocycles. The van der Waals surface area contributed by atoms with Crippen molar-refractivity contribution in [2.24, 2.45) is 5.92 Å². The molecule has 0 saturated carbocycles. The third kappa shape index (κ3) is 3.64. The van der Waals surface area contributed by atoms with Crippen molar-refractivity contribution in [3.8, 4) is 0 Å². The molecule has 0 aromatic heterocycles. The minimum atomic E-state index is -0.568. The number of fused-ring (bicyclic) bond motifs is 1. The topological polar surface area (TPSA) is 69.7 Å². The number of hydrogen-bond acceptors (Lipinski definition) is 3. The number of carbonyl (C=O) groups excluding carboxylic acids is 3. The minimum Gasteiger partial charge on any atom is -0.344 e. The van der Waals surface area contributed by atoms with E-state index >= 15 is 0 Å². The molecule has 26 heavy (non-hydrogen) atoms. The van der Waals surface area contributed by atoms with E-state index in [0.717, 1.165) is 12.1 Å². The molecule has 1 N–H and O–H groups in total. The number of benzene rings is 1. The summed E-state index contributed by atoms with van der Waals surface area (Å²) in [7, 11) is 0. The molecule has 6 heteroatoms. The zero-order valence-electron chi connectivity index (χ0n) is 15.1. The van der Waals surface area contributed by atoms with Crippen LogP contribution in [0.5, 0.6) is 0 Å². The smallest absolute Gasteiger partial charge is 0.249 e. The van der Waals surface area contributed by atoms with Crippen LogP contribution in [-0.4, -0.2) is 48.3 Å². The highest BCUT2D eigenvalue weighted by Crippen LogP contribution is 2.28. The fourth-order valence-electron chi connectivity index (χ4n) is 3.69. The largest absolute Gasteiger partial charge is 0.344 e. The molecule has 138 valence electrons. The number of nitrogens with zero attached hydrogens (tertiary/aromatic N) is 2. The summed E-state index contributed by atoms with van der Waals surface area (Å²) in [6.07, 6.45) is 3.37. The molecular formula is C20H25N3O3. The molecule has 1 aromatic carbocycles. The monoisotopic (exact) mass is 355 g/mol. The van der Waals surface area contributed by atoms with Crippen molar-refractivity contribution >= 4 is 23.4 Å². The molecule has 1 aromatic rings. The molecule has 2 aliphatic rings. The Morgan fingerprint density at radius 1 is 1.19 bits per heavy atom. The van der Waals surface area contributed by atoms with Gasteiger partial charge in [0.25, 0.3) is 0 Å². The van der Waals surface area contributed by atoms with Gasteiger partial charge in [0.05, 0.1) is 0 Å². The van der Waals surface area contributed by atoms with Gasteiger partial charge in [-0.15, -0.1) is 0 Å². The summed E-state index contributed by atoms with van der Waals surface area (Å²) < 4.78 is 0. The number of carbonyl (C=O) groups is 3. The van der Waals surface area contributed by atoms with Crippen molar-refractivity contribution in [1.29, 1.82) is 0 Å². The highest BCUT2D eigenvalue weighted by Gasteiger charge is 2.31. The first kappa shape index (κ1) is 18.2. The first-order valence-corrected chi connectivity index (χ1v) is 9.12. The molecule has 0 bridgehead atoms. The standard InChI is InChI=1S/C20H25N3O3/c1-3-18(24)22-11-8-16(9-12-22)19(25)21-14(2)20(26)23-13-10-15-6-4-5-7-17(15)23/h3-7,14,16H,1,8-13H2,2H3,(H,21,25). The van der Waals surface area contributed by atoms with Crippen LogP contribution in [0.2, 0.25) is 0 Å². The van der Waals surface area contributed by atoms with Gasteiger partial charge in [-0.05, 0) is 43.9 Å². The third-order valence-corrected chi connectivity index (χ3v) is 5.23. The number of rotatable bonds is 4. The van der Waals surface area contributed by atoms with Crippen LogP contribution in [0.15, 0.2) is 36.9 Å². The van der Waals surface area contributed by atoms with E-state index in [0.29, 0.717) is 32.5 Å². The molecule has 0 aliphatic carbocycles. The summed E-state index contributed by atoms with van der Waals surface area (Å²) in [6.45, 7) is 6.97. The van der Waals surface area contributed by atoms with Gasteiger partial charge in [0.2, 0.25) is 17.7 Å². The number of piperidine rings is 1. The molecule has 2 heterocycles. The summed E-state index contributed by atoms with van der Waals surface area (Å²) in [6, 6.07) is 7.31. The van der Waals surface area contributed by atoms with E-state index < -0.39 is 6.04 Å². The maximum atomic E-state index is 12.8. The Kier molecular flexibility index (Phi) is 5.40. The van der Waals surface area contributed by atoms with Gasteiger partial charge in [0.1, 0.15) is 6.04 Å². The lowest BCUT2D eigenvalue weighted by Gasteiger charge is -2.31. The Bertz CT molecular complexity index is 723. The number of anilines is 1. The lowest BCUT2D eigenvalue weighted by molar-refractivity contribution is -0.133. The summed E-state index contributed by atoms with van der Waals surface area (Å²) in [5, 5.41) is 2.86. The van der Waals surface area contributed by atoms with Crippen LogP contribution in [0.3, 0.4) is 0 Å². The Hall–Kier alpha value is -2.63. The maximum Gasteiger partial charge on any atom is 0.249 e. The SMILES string of the molecule is C=CC(=O)N1CCC(C(=O)NC(C)C(=O)N2CCc3ccccc32)CC1. The number of hydrogen-bond donors (Lipinski definition) is 1. The highest BCUT2D eigenvalue weighted by molar-refractivity contribution is 6.00. The second-order valence-corrected chi connectivity index (χ2v) is 6.90. The van der Waals surface area contributed by atoms with Crippen molar-refractivity contribution in [3.05, 3.63) is 42.5 Å². The van der Waals surface area contributed by atoms with Crippen LogP contribution >= 0.6 is 0 Å². The molecule has 1 fully saturated rings. The lowest BCUT2D eigenvalue weighted by atomic mass is 9.95. The van der Waals surface area contributed by atoms with Gasteiger partial charge < -0.3 is 15.1 Å². The first-order valence-electron chi connectivity index (χ1n) is 9.12. The molecule has 0 radical (unpaired) electrons. The Morgan fingerprint density at radius 2 is 1.88 bits per heavy atom. The minimum absolute atomic E-state index is 0.0810. The molecule has 1 unspecified atom stereocenters. The normalized spacial score (nSPS) is 18.2. The summed E-state index contributed by atoms with van der Waals surface area (Å²) >= 11 is 0. The number of nitrogens with one attached hydrogen (secondary N) is 1. The zero-order chi connectivity index (χ0) is 18.7. The van der Waals surface area contributed by atoms with Crippen molar-refractivity contribution in [3.63, 3.8) is 0 Å². The lowest BCUT2D eigenvalue weighted by Crippen LogP contribution is -2.50. The Labute approximate surface area is 153 Å². The van der Waals surface area contributed by atoms with E-state index in [1.165, 1.54) is 11.6 Å². The molecule has 3 rings (SSSR count). The van der Waals surface area contributed by atoms with Crippen LogP contribution in [0.4, 0.5) is 5.69 Å². The van der Waals surface area contributed by atoms with E-state index in [4.69, 9.17) is 0 Å². The number of likely N-dealkylation sites (tertiary alicyclic amines) is 1. The van der Waals surface area contributed by atoms with E-state index in [1.54, 1.807) is 16.7 Å². The van der Waals surface area contributed by atoms with E-state index in [1.807, 2.05) is 24.3 Å².